The van der Waals surface area contributed by atoms with Crippen molar-refractivity contribution in [2.24, 2.45) is 17.3 Å². The number of nitrogens with one attached hydrogen (secondary N) is 1. The van der Waals surface area contributed by atoms with Crippen molar-refractivity contribution in [3.8, 4) is 0 Å². The van der Waals surface area contributed by atoms with E-state index in [9.17, 15) is 9.59 Å². The van der Waals surface area contributed by atoms with Crippen molar-refractivity contribution in [1.82, 2.24) is 5.32 Å². The molecule has 2 bridgehead atoms. The highest BCUT2D eigenvalue weighted by atomic mass is 16.6. The highest BCUT2D eigenvalue weighted by Crippen LogP contribution is 2.60. The van der Waals surface area contributed by atoms with Gasteiger partial charge in [-0.05, 0) is 71.6 Å². The Balaban J connectivity index is 2.46. The van der Waals surface area contributed by atoms with E-state index >= 15 is 0 Å². The topological polar surface area (TPSA) is 64.6 Å². The van der Waals surface area contributed by atoms with Gasteiger partial charge < -0.3 is 19.6 Å². The normalized spacial score (nSPS) is 36.3. The van der Waals surface area contributed by atoms with E-state index in [1.54, 1.807) is 0 Å². The van der Waals surface area contributed by atoms with Gasteiger partial charge in [-0.25, -0.2) is 4.79 Å². The molecular formula is C21H37NO4. The third kappa shape index (κ3) is 3.92. The summed E-state index contributed by atoms with van der Waals surface area (Å²) in [7, 11) is 0. The molecule has 26 heavy (non-hydrogen) atoms. The number of ether oxygens (including phenoxy) is 2. The third-order valence-electron chi connectivity index (χ3n) is 6.56. The molecule has 2 aliphatic rings. The zero-order chi connectivity index (χ0) is 19.8. The fourth-order valence-corrected chi connectivity index (χ4v) is 5.64. The number of alkyl carbamates (subject to hydrolysis) is 1. The van der Waals surface area contributed by atoms with Gasteiger partial charge in [-0.1, -0.05) is 13.8 Å². The molecule has 0 heterocycles. The highest BCUT2D eigenvalue weighted by Gasteiger charge is 2.63. The number of hydrogen-bond acceptors (Lipinski definition) is 4. The fourth-order valence-electron chi connectivity index (χ4n) is 5.64. The van der Waals surface area contributed by atoms with E-state index in [0.29, 0.717) is 13.0 Å². The molecule has 0 aromatic carbocycles. The van der Waals surface area contributed by atoms with Crippen molar-refractivity contribution in [2.75, 3.05) is 6.61 Å². The largest absolute Gasteiger partial charge is 0.444 e. The SMILES string of the molecule is CCOC1(C)CCC2C(C)(C)CCC1C2(CC=O)NC(=O)OC(C)(C)C. The molecule has 2 rings (SSSR count). The second-order valence-electron chi connectivity index (χ2n) is 9.95. The summed E-state index contributed by atoms with van der Waals surface area (Å²) in [5.74, 6) is 0.319. The average molecular weight is 368 g/mol. The summed E-state index contributed by atoms with van der Waals surface area (Å²) in [6, 6.07) is 0. The van der Waals surface area contributed by atoms with Crippen LogP contribution in [0.3, 0.4) is 0 Å². The Morgan fingerprint density at radius 2 is 1.77 bits per heavy atom. The molecule has 2 fully saturated rings. The molecule has 150 valence electrons. The van der Waals surface area contributed by atoms with E-state index in [1.165, 1.54) is 0 Å². The van der Waals surface area contributed by atoms with E-state index in [0.717, 1.165) is 32.0 Å². The van der Waals surface area contributed by atoms with Gasteiger partial charge in [0.1, 0.15) is 11.9 Å². The Bertz CT molecular complexity index is 539. The van der Waals surface area contributed by atoms with Crippen LogP contribution in [-0.2, 0) is 14.3 Å². The fraction of sp³-hybridized carbons (Fsp3) is 0.905. The van der Waals surface area contributed by atoms with Crippen molar-refractivity contribution in [3.05, 3.63) is 0 Å². The van der Waals surface area contributed by atoms with Crippen LogP contribution in [0.15, 0.2) is 0 Å². The van der Waals surface area contributed by atoms with Gasteiger partial charge in [-0.3, -0.25) is 0 Å². The minimum Gasteiger partial charge on any atom is -0.444 e. The Morgan fingerprint density at radius 1 is 1.15 bits per heavy atom. The number of carbonyl (C=O) groups excluding carboxylic acids is 2. The summed E-state index contributed by atoms with van der Waals surface area (Å²) in [4.78, 5) is 24.5. The maximum absolute atomic E-state index is 12.7. The standard InChI is InChI=1S/C21H37NO4/c1-8-25-20(7)12-10-15-19(5,6)11-9-16(20)21(15,13-14-23)22-17(24)26-18(2,3)4/h14-16H,8-13H2,1-7H3,(H,22,24). The molecule has 0 aliphatic heterocycles. The first kappa shape index (κ1) is 21.2. The zero-order valence-corrected chi connectivity index (χ0v) is 17.6. The van der Waals surface area contributed by atoms with Crippen LogP contribution >= 0.6 is 0 Å². The Kier molecular flexibility index (Phi) is 5.82. The van der Waals surface area contributed by atoms with Crippen molar-refractivity contribution >= 4 is 12.4 Å². The van der Waals surface area contributed by atoms with Crippen molar-refractivity contribution in [1.29, 1.82) is 0 Å². The molecular weight excluding hydrogens is 330 g/mol. The summed E-state index contributed by atoms with van der Waals surface area (Å²) in [5, 5.41) is 3.19. The molecule has 5 nitrogen and oxygen atoms in total. The van der Waals surface area contributed by atoms with Gasteiger partial charge in [-0.2, -0.15) is 0 Å². The van der Waals surface area contributed by atoms with Crippen LogP contribution in [0.5, 0.6) is 0 Å². The molecule has 1 N–H and O–H groups in total. The molecule has 4 unspecified atom stereocenters. The van der Waals surface area contributed by atoms with E-state index in [2.05, 4.69) is 26.1 Å². The molecule has 0 radical (unpaired) electrons. The second kappa shape index (κ2) is 7.14. The predicted octanol–water partition coefficient (Wildman–Crippen LogP) is 4.48. The van der Waals surface area contributed by atoms with Crippen LogP contribution in [0.2, 0.25) is 0 Å². The molecule has 5 heteroatoms. The second-order valence-corrected chi connectivity index (χ2v) is 9.95. The lowest BCUT2D eigenvalue weighted by Gasteiger charge is -2.63. The van der Waals surface area contributed by atoms with Crippen LogP contribution in [0.4, 0.5) is 4.79 Å². The first-order valence-corrected chi connectivity index (χ1v) is 9.99. The van der Waals surface area contributed by atoms with E-state index in [1.807, 2.05) is 27.7 Å². The molecule has 2 aliphatic carbocycles. The zero-order valence-electron chi connectivity index (χ0n) is 17.6. The maximum atomic E-state index is 12.7. The molecule has 1 amide bonds. The highest BCUT2D eigenvalue weighted by molar-refractivity contribution is 5.70. The number of aldehydes is 1. The third-order valence-corrected chi connectivity index (χ3v) is 6.56. The average Bonchev–Trinajstić information content (AvgIpc) is 2.43. The first-order valence-electron chi connectivity index (χ1n) is 9.99. The lowest BCUT2D eigenvalue weighted by atomic mass is 9.46. The van der Waals surface area contributed by atoms with Crippen molar-refractivity contribution in [2.45, 2.75) is 97.3 Å². The smallest absolute Gasteiger partial charge is 0.408 e. The Hall–Kier alpha value is -1.10. The van der Waals surface area contributed by atoms with Gasteiger partial charge in [0.05, 0.1) is 11.1 Å². The number of fused-ring (bicyclic) bond motifs is 2. The lowest BCUT2D eigenvalue weighted by molar-refractivity contribution is -0.182. The summed E-state index contributed by atoms with van der Waals surface area (Å²) < 4.78 is 11.8. The lowest BCUT2D eigenvalue weighted by Crippen LogP contribution is -2.72. The van der Waals surface area contributed by atoms with Crippen molar-refractivity contribution < 1.29 is 19.1 Å². The maximum Gasteiger partial charge on any atom is 0.408 e. The predicted molar refractivity (Wildman–Crippen MR) is 102 cm³/mol. The van der Waals surface area contributed by atoms with E-state index in [4.69, 9.17) is 9.47 Å². The quantitative estimate of drug-likeness (QED) is 0.728. The van der Waals surface area contributed by atoms with Gasteiger partial charge in [0.15, 0.2) is 0 Å². The van der Waals surface area contributed by atoms with Crippen LogP contribution in [-0.4, -0.2) is 35.7 Å². The van der Waals surface area contributed by atoms with Gasteiger partial charge in [0, 0.05) is 18.9 Å². The molecule has 4 atom stereocenters. The van der Waals surface area contributed by atoms with Gasteiger partial charge in [0.25, 0.3) is 0 Å². The first-order chi connectivity index (χ1) is 11.9. The number of hydrogen-bond donors (Lipinski definition) is 1. The van der Waals surface area contributed by atoms with Crippen LogP contribution < -0.4 is 5.32 Å². The Morgan fingerprint density at radius 3 is 2.31 bits per heavy atom. The monoisotopic (exact) mass is 367 g/mol. The van der Waals surface area contributed by atoms with Gasteiger partial charge in [0.2, 0.25) is 0 Å². The molecule has 0 aromatic heterocycles. The van der Waals surface area contributed by atoms with Gasteiger partial charge >= 0.3 is 6.09 Å². The van der Waals surface area contributed by atoms with Crippen LogP contribution in [0.25, 0.3) is 0 Å². The van der Waals surface area contributed by atoms with Crippen LogP contribution in [0, 0.1) is 17.3 Å². The number of carbonyl (C=O) groups is 2. The minimum atomic E-state index is -0.617. The molecule has 0 spiro atoms. The molecule has 0 saturated heterocycles. The van der Waals surface area contributed by atoms with Crippen LogP contribution in [0.1, 0.15) is 80.6 Å². The number of rotatable bonds is 5. The summed E-state index contributed by atoms with van der Waals surface area (Å²) in [6.07, 6.45) is 4.71. The minimum absolute atomic E-state index is 0.0576. The van der Waals surface area contributed by atoms with E-state index < -0.39 is 17.2 Å². The molecule has 2 saturated carbocycles. The number of amides is 1. The Labute approximate surface area is 158 Å². The van der Waals surface area contributed by atoms with E-state index in [-0.39, 0.29) is 22.9 Å². The summed E-state index contributed by atoms with van der Waals surface area (Å²) >= 11 is 0. The summed E-state index contributed by atoms with van der Waals surface area (Å²) in [6.45, 7) is 14.9. The summed E-state index contributed by atoms with van der Waals surface area (Å²) in [5.41, 5.74) is -1.47. The molecule has 0 aromatic rings. The van der Waals surface area contributed by atoms with Gasteiger partial charge in [-0.15, -0.1) is 0 Å². The van der Waals surface area contributed by atoms with Crippen molar-refractivity contribution in [3.63, 3.8) is 0 Å².